The van der Waals surface area contributed by atoms with Gasteiger partial charge in [-0.2, -0.15) is 0 Å². The minimum Gasteiger partial charge on any atom is -0.352 e. The van der Waals surface area contributed by atoms with E-state index in [9.17, 15) is 9.18 Å². The Morgan fingerprint density at radius 2 is 2.32 bits per heavy atom. The fraction of sp³-hybridized carbons (Fsp3) is 0.294. The van der Waals surface area contributed by atoms with E-state index in [2.05, 4.69) is 21.8 Å². The van der Waals surface area contributed by atoms with Gasteiger partial charge in [0.05, 0.1) is 0 Å². The number of halogens is 1. The Morgan fingerprint density at radius 3 is 3.00 bits per heavy atom. The van der Waals surface area contributed by atoms with Crippen molar-refractivity contribution in [3.63, 3.8) is 0 Å². The lowest BCUT2D eigenvalue weighted by atomic mass is 10.1. The van der Waals surface area contributed by atoms with Gasteiger partial charge in [-0.05, 0) is 36.6 Å². The van der Waals surface area contributed by atoms with Gasteiger partial charge in [0.2, 0.25) is 5.91 Å². The minimum absolute atomic E-state index is 0.182. The van der Waals surface area contributed by atoms with Crippen molar-refractivity contribution in [1.82, 2.24) is 14.9 Å². The van der Waals surface area contributed by atoms with Crippen LogP contribution in [0.3, 0.4) is 0 Å². The van der Waals surface area contributed by atoms with Crippen molar-refractivity contribution in [2.75, 3.05) is 6.54 Å². The topological polar surface area (TPSA) is 46.9 Å². The van der Waals surface area contributed by atoms with Gasteiger partial charge in [-0.25, -0.2) is 9.37 Å². The summed E-state index contributed by atoms with van der Waals surface area (Å²) in [6.45, 7) is 5.40. The van der Waals surface area contributed by atoms with Gasteiger partial charge in [0.25, 0.3) is 0 Å². The van der Waals surface area contributed by atoms with E-state index in [1.807, 2.05) is 13.1 Å². The molecular formula is C17H20FN3O. The Bertz CT molecular complexity index is 663. The van der Waals surface area contributed by atoms with Gasteiger partial charge in [0, 0.05) is 31.6 Å². The lowest BCUT2D eigenvalue weighted by Crippen LogP contribution is -2.28. The third kappa shape index (κ3) is 4.84. The Balaban J connectivity index is 1.79. The van der Waals surface area contributed by atoms with Crippen molar-refractivity contribution in [2.45, 2.75) is 20.4 Å². The molecule has 116 valence electrons. The van der Waals surface area contributed by atoms with Gasteiger partial charge in [-0.1, -0.05) is 19.1 Å². The number of carbonyl (C=O) groups is 1. The number of carbonyl (C=O) groups excluding carboxylic acids is 1. The summed E-state index contributed by atoms with van der Waals surface area (Å²) in [7, 11) is 0. The van der Waals surface area contributed by atoms with Gasteiger partial charge >= 0.3 is 0 Å². The SMILES string of the molecule is Cc1nccn1CC(C)CNC(=O)C=Cc1cccc(F)c1. The van der Waals surface area contributed by atoms with Crippen LogP contribution < -0.4 is 5.32 Å². The standard InChI is InChI=1S/C17H20FN3O/c1-13(12-21-9-8-19-14(21)2)11-20-17(22)7-6-15-4-3-5-16(18)10-15/h3-10,13H,11-12H2,1-2H3,(H,20,22). The highest BCUT2D eigenvalue weighted by Gasteiger charge is 2.06. The van der Waals surface area contributed by atoms with Gasteiger partial charge in [-0.15, -0.1) is 0 Å². The number of nitrogens with zero attached hydrogens (tertiary/aromatic N) is 2. The third-order valence-corrected chi connectivity index (χ3v) is 3.33. The number of hydrogen-bond acceptors (Lipinski definition) is 2. The van der Waals surface area contributed by atoms with E-state index in [4.69, 9.17) is 0 Å². The Kier molecular flexibility index (Phi) is 5.47. The summed E-state index contributed by atoms with van der Waals surface area (Å²) in [4.78, 5) is 15.9. The highest BCUT2D eigenvalue weighted by atomic mass is 19.1. The molecule has 2 aromatic rings. The highest BCUT2D eigenvalue weighted by molar-refractivity contribution is 5.91. The van der Waals surface area contributed by atoms with Crippen molar-refractivity contribution < 1.29 is 9.18 Å². The number of aromatic nitrogens is 2. The fourth-order valence-corrected chi connectivity index (χ4v) is 2.11. The van der Waals surface area contributed by atoms with Crippen molar-refractivity contribution in [3.8, 4) is 0 Å². The second-order valence-electron chi connectivity index (χ2n) is 5.37. The number of rotatable bonds is 6. The molecule has 1 aromatic heterocycles. The number of imidazole rings is 1. The smallest absolute Gasteiger partial charge is 0.244 e. The highest BCUT2D eigenvalue weighted by Crippen LogP contribution is 2.05. The van der Waals surface area contributed by atoms with Crippen LogP contribution in [-0.4, -0.2) is 22.0 Å². The molecule has 1 unspecified atom stereocenters. The molecule has 0 aliphatic heterocycles. The maximum absolute atomic E-state index is 13.0. The van der Waals surface area contributed by atoms with E-state index >= 15 is 0 Å². The molecule has 0 radical (unpaired) electrons. The third-order valence-electron chi connectivity index (χ3n) is 3.33. The number of nitrogens with one attached hydrogen (secondary N) is 1. The van der Waals surface area contributed by atoms with E-state index in [-0.39, 0.29) is 11.7 Å². The van der Waals surface area contributed by atoms with Crippen molar-refractivity contribution >= 4 is 12.0 Å². The first-order valence-electron chi connectivity index (χ1n) is 7.24. The molecule has 1 atom stereocenters. The zero-order valence-electron chi connectivity index (χ0n) is 12.8. The molecule has 1 heterocycles. The van der Waals surface area contributed by atoms with Crippen LogP contribution >= 0.6 is 0 Å². The molecule has 0 bridgehead atoms. The molecule has 5 heteroatoms. The molecule has 0 fully saturated rings. The van der Waals surface area contributed by atoms with Crippen molar-refractivity contribution in [1.29, 1.82) is 0 Å². The zero-order chi connectivity index (χ0) is 15.9. The first-order valence-corrected chi connectivity index (χ1v) is 7.24. The molecule has 4 nitrogen and oxygen atoms in total. The monoisotopic (exact) mass is 301 g/mol. The van der Waals surface area contributed by atoms with Gasteiger partial charge in [0.1, 0.15) is 11.6 Å². The number of aryl methyl sites for hydroxylation is 1. The van der Waals surface area contributed by atoms with Gasteiger partial charge < -0.3 is 9.88 Å². The molecule has 0 aliphatic carbocycles. The van der Waals surface area contributed by atoms with Crippen LogP contribution in [-0.2, 0) is 11.3 Å². The number of amides is 1. The maximum atomic E-state index is 13.0. The molecule has 0 saturated heterocycles. The van der Waals surface area contributed by atoms with E-state index in [1.54, 1.807) is 24.4 Å². The molecule has 0 spiro atoms. The average Bonchev–Trinajstić information content (AvgIpc) is 2.88. The summed E-state index contributed by atoms with van der Waals surface area (Å²) in [6.07, 6.45) is 6.72. The van der Waals surface area contributed by atoms with Gasteiger partial charge in [-0.3, -0.25) is 4.79 Å². The van der Waals surface area contributed by atoms with E-state index in [0.717, 1.165) is 12.4 Å². The normalized spacial score (nSPS) is 12.5. The number of benzene rings is 1. The number of hydrogen-bond donors (Lipinski definition) is 1. The summed E-state index contributed by atoms with van der Waals surface area (Å²) in [5.41, 5.74) is 0.664. The fourth-order valence-electron chi connectivity index (χ4n) is 2.11. The van der Waals surface area contributed by atoms with Gasteiger partial charge in [0.15, 0.2) is 0 Å². The van der Waals surface area contributed by atoms with Crippen LogP contribution in [0.25, 0.3) is 6.08 Å². The van der Waals surface area contributed by atoms with Crippen molar-refractivity contribution in [3.05, 3.63) is 59.9 Å². The van der Waals surface area contributed by atoms with Crippen molar-refractivity contribution in [2.24, 2.45) is 5.92 Å². The predicted octanol–water partition coefficient (Wildman–Crippen LogP) is 2.80. The Morgan fingerprint density at radius 1 is 1.50 bits per heavy atom. The first kappa shape index (κ1) is 15.9. The van der Waals surface area contributed by atoms with E-state index in [0.29, 0.717) is 18.0 Å². The summed E-state index contributed by atoms with van der Waals surface area (Å²) < 4.78 is 15.1. The molecule has 0 saturated carbocycles. The summed E-state index contributed by atoms with van der Waals surface area (Å²) in [5, 5.41) is 2.85. The van der Waals surface area contributed by atoms with Crippen LogP contribution in [0.1, 0.15) is 18.3 Å². The second kappa shape index (κ2) is 7.54. The molecular weight excluding hydrogens is 281 g/mol. The molecule has 2 rings (SSSR count). The molecule has 1 amide bonds. The summed E-state index contributed by atoms with van der Waals surface area (Å²) in [5.74, 6) is 0.758. The minimum atomic E-state index is -0.313. The van der Waals surface area contributed by atoms with E-state index < -0.39 is 0 Å². The summed E-state index contributed by atoms with van der Waals surface area (Å²) >= 11 is 0. The molecule has 1 aromatic carbocycles. The average molecular weight is 301 g/mol. The van der Waals surface area contributed by atoms with Crippen LogP contribution in [0.5, 0.6) is 0 Å². The predicted molar refractivity (Wildman–Crippen MR) is 84.6 cm³/mol. The maximum Gasteiger partial charge on any atom is 0.244 e. The quantitative estimate of drug-likeness (QED) is 0.834. The largest absolute Gasteiger partial charge is 0.352 e. The molecule has 0 aliphatic rings. The van der Waals surface area contributed by atoms with E-state index in [1.165, 1.54) is 18.2 Å². The lowest BCUT2D eigenvalue weighted by Gasteiger charge is -2.13. The van der Waals surface area contributed by atoms with Crippen LogP contribution in [0.15, 0.2) is 42.7 Å². The second-order valence-corrected chi connectivity index (χ2v) is 5.37. The lowest BCUT2D eigenvalue weighted by molar-refractivity contribution is -0.116. The molecule has 1 N–H and O–H groups in total. The molecule has 22 heavy (non-hydrogen) atoms. The first-order chi connectivity index (χ1) is 10.5. The van der Waals surface area contributed by atoms with Crippen LogP contribution in [0.4, 0.5) is 4.39 Å². The van der Waals surface area contributed by atoms with Crippen LogP contribution in [0, 0.1) is 18.7 Å². The van der Waals surface area contributed by atoms with Crippen LogP contribution in [0.2, 0.25) is 0 Å². The summed E-state index contributed by atoms with van der Waals surface area (Å²) in [6, 6.07) is 6.12. The zero-order valence-corrected chi connectivity index (χ0v) is 12.8. The Labute approximate surface area is 129 Å². The Hall–Kier alpha value is -2.43.